The number of Topliss-reactive ketones (excluding diaryl/α,β-unsaturated/α-hetero) is 1. The first-order valence-corrected chi connectivity index (χ1v) is 7.49. The van der Waals surface area contributed by atoms with Crippen molar-refractivity contribution in [1.82, 2.24) is 0 Å². The molecule has 0 aliphatic heterocycles. The van der Waals surface area contributed by atoms with Gasteiger partial charge in [0, 0.05) is 12.8 Å². The lowest BCUT2D eigenvalue weighted by Crippen LogP contribution is -2.09. The molecule has 0 saturated carbocycles. The molecule has 0 unspecified atom stereocenters. The molecular formula is C21H22O. The van der Waals surface area contributed by atoms with E-state index in [-0.39, 0.29) is 5.78 Å². The number of hydrogen-bond donors (Lipinski definition) is 0. The van der Waals surface area contributed by atoms with Crippen LogP contribution in [0.2, 0.25) is 0 Å². The van der Waals surface area contributed by atoms with Crippen molar-refractivity contribution in [2.45, 2.75) is 26.7 Å². The number of benzene rings is 2. The van der Waals surface area contributed by atoms with Crippen molar-refractivity contribution in [3.05, 3.63) is 82.9 Å². The first-order valence-electron chi connectivity index (χ1n) is 7.49. The van der Waals surface area contributed by atoms with Gasteiger partial charge in [0.2, 0.25) is 0 Å². The standard InChI is InChI=1S/C21H22O/c1-5-17-9-7-15(3)11-19(17)13-21(22)14-20-12-16(4)8-10-18(20)6-2/h5-12H,1-2,13-14H2,3-4H3. The molecule has 1 heteroatoms. The highest BCUT2D eigenvalue weighted by Gasteiger charge is 2.10. The van der Waals surface area contributed by atoms with E-state index in [1.807, 2.05) is 50.3 Å². The second-order valence-corrected chi connectivity index (χ2v) is 5.71. The minimum Gasteiger partial charge on any atom is -0.299 e. The maximum absolute atomic E-state index is 12.5. The smallest absolute Gasteiger partial charge is 0.141 e. The van der Waals surface area contributed by atoms with Gasteiger partial charge in [0.1, 0.15) is 5.78 Å². The molecule has 1 nitrogen and oxygen atoms in total. The molecule has 0 aliphatic rings. The van der Waals surface area contributed by atoms with Crippen LogP contribution < -0.4 is 0 Å². The predicted octanol–water partition coefficient (Wildman–Crippen LogP) is 4.94. The lowest BCUT2D eigenvalue weighted by Gasteiger charge is -2.09. The summed E-state index contributed by atoms with van der Waals surface area (Å²) in [5, 5.41) is 0. The largest absolute Gasteiger partial charge is 0.299 e. The lowest BCUT2D eigenvalue weighted by atomic mass is 9.94. The Morgan fingerprint density at radius 2 is 1.27 bits per heavy atom. The predicted molar refractivity (Wildman–Crippen MR) is 95.0 cm³/mol. The number of hydrogen-bond acceptors (Lipinski definition) is 1. The summed E-state index contributed by atoms with van der Waals surface area (Å²) in [7, 11) is 0. The molecule has 22 heavy (non-hydrogen) atoms. The van der Waals surface area contributed by atoms with Crippen molar-refractivity contribution >= 4 is 17.9 Å². The molecule has 0 N–H and O–H groups in total. The molecule has 0 aromatic heterocycles. The average molecular weight is 290 g/mol. The van der Waals surface area contributed by atoms with Crippen molar-refractivity contribution in [3.8, 4) is 0 Å². The highest BCUT2D eigenvalue weighted by Crippen LogP contribution is 2.18. The normalized spacial score (nSPS) is 10.3. The molecule has 0 spiro atoms. The van der Waals surface area contributed by atoms with E-state index < -0.39 is 0 Å². The lowest BCUT2D eigenvalue weighted by molar-refractivity contribution is -0.117. The Bertz CT molecular complexity index is 661. The summed E-state index contributed by atoms with van der Waals surface area (Å²) in [5.41, 5.74) is 6.49. The van der Waals surface area contributed by atoms with Gasteiger partial charge in [0.15, 0.2) is 0 Å². The van der Waals surface area contributed by atoms with E-state index in [0.717, 1.165) is 33.4 Å². The molecule has 2 aromatic carbocycles. The highest BCUT2D eigenvalue weighted by molar-refractivity contribution is 5.85. The van der Waals surface area contributed by atoms with E-state index in [4.69, 9.17) is 0 Å². The van der Waals surface area contributed by atoms with Crippen LogP contribution in [0, 0.1) is 13.8 Å². The van der Waals surface area contributed by atoms with E-state index in [1.165, 1.54) is 0 Å². The van der Waals surface area contributed by atoms with E-state index in [2.05, 4.69) is 25.3 Å². The number of ketones is 1. The van der Waals surface area contributed by atoms with Gasteiger partial charge in [-0.15, -0.1) is 0 Å². The van der Waals surface area contributed by atoms with Gasteiger partial charge in [-0.2, -0.15) is 0 Å². The summed E-state index contributed by atoms with van der Waals surface area (Å²) in [6.07, 6.45) is 4.49. The Hall–Kier alpha value is -2.41. The van der Waals surface area contributed by atoms with Gasteiger partial charge in [-0.05, 0) is 36.1 Å². The Balaban J connectivity index is 2.21. The maximum atomic E-state index is 12.5. The molecule has 0 saturated heterocycles. The summed E-state index contributed by atoms with van der Waals surface area (Å²) >= 11 is 0. The number of rotatable bonds is 6. The van der Waals surface area contributed by atoms with Gasteiger partial charge in [-0.1, -0.05) is 72.8 Å². The first-order chi connectivity index (χ1) is 10.5. The molecule has 112 valence electrons. The second-order valence-electron chi connectivity index (χ2n) is 5.71. The molecule has 0 atom stereocenters. The fraction of sp³-hybridized carbons (Fsp3) is 0.190. The Labute approximate surface area is 133 Å². The van der Waals surface area contributed by atoms with Crippen LogP contribution in [0.4, 0.5) is 0 Å². The molecule has 0 amide bonds. The zero-order valence-corrected chi connectivity index (χ0v) is 13.4. The van der Waals surface area contributed by atoms with Crippen LogP contribution in [0.1, 0.15) is 33.4 Å². The Kier molecular flexibility index (Phi) is 5.11. The van der Waals surface area contributed by atoms with Gasteiger partial charge >= 0.3 is 0 Å². The van der Waals surface area contributed by atoms with Crippen LogP contribution >= 0.6 is 0 Å². The van der Waals surface area contributed by atoms with Crippen LogP contribution in [-0.2, 0) is 17.6 Å². The minimum absolute atomic E-state index is 0.211. The number of carbonyl (C=O) groups is 1. The monoisotopic (exact) mass is 290 g/mol. The van der Waals surface area contributed by atoms with Gasteiger partial charge < -0.3 is 0 Å². The molecule has 0 fully saturated rings. The van der Waals surface area contributed by atoms with Crippen molar-refractivity contribution < 1.29 is 4.79 Å². The summed E-state index contributed by atoms with van der Waals surface area (Å²) < 4.78 is 0. The maximum Gasteiger partial charge on any atom is 0.141 e. The molecule has 0 radical (unpaired) electrons. The quantitative estimate of drug-likeness (QED) is 0.736. The summed E-state index contributed by atoms with van der Waals surface area (Å²) in [6.45, 7) is 11.7. The van der Waals surface area contributed by atoms with Crippen molar-refractivity contribution in [1.29, 1.82) is 0 Å². The Morgan fingerprint density at radius 3 is 1.64 bits per heavy atom. The topological polar surface area (TPSA) is 17.1 Å². The highest BCUT2D eigenvalue weighted by atomic mass is 16.1. The minimum atomic E-state index is 0.211. The average Bonchev–Trinajstić information content (AvgIpc) is 2.47. The molecule has 2 aromatic rings. The molecule has 0 heterocycles. The number of carbonyl (C=O) groups excluding carboxylic acids is 1. The van der Waals surface area contributed by atoms with Crippen molar-refractivity contribution in [3.63, 3.8) is 0 Å². The third-order valence-electron chi connectivity index (χ3n) is 3.81. The van der Waals surface area contributed by atoms with E-state index >= 15 is 0 Å². The zero-order valence-electron chi connectivity index (χ0n) is 13.4. The first kappa shape index (κ1) is 16.0. The van der Waals surface area contributed by atoms with Gasteiger partial charge in [0.25, 0.3) is 0 Å². The van der Waals surface area contributed by atoms with Crippen LogP contribution in [0.3, 0.4) is 0 Å². The van der Waals surface area contributed by atoms with Crippen LogP contribution in [0.15, 0.2) is 49.6 Å². The fourth-order valence-electron chi connectivity index (χ4n) is 2.66. The summed E-state index contributed by atoms with van der Waals surface area (Å²) in [6, 6.07) is 12.3. The third kappa shape index (κ3) is 3.82. The fourth-order valence-corrected chi connectivity index (χ4v) is 2.66. The SMILES string of the molecule is C=Cc1ccc(C)cc1CC(=O)Cc1cc(C)ccc1C=C. The van der Waals surface area contributed by atoms with Crippen LogP contribution in [-0.4, -0.2) is 5.78 Å². The summed E-state index contributed by atoms with van der Waals surface area (Å²) in [4.78, 5) is 12.5. The van der Waals surface area contributed by atoms with E-state index in [9.17, 15) is 4.79 Å². The van der Waals surface area contributed by atoms with Crippen molar-refractivity contribution in [2.75, 3.05) is 0 Å². The van der Waals surface area contributed by atoms with Crippen molar-refractivity contribution in [2.24, 2.45) is 0 Å². The molecule has 0 bridgehead atoms. The third-order valence-corrected chi connectivity index (χ3v) is 3.81. The van der Waals surface area contributed by atoms with Gasteiger partial charge in [-0.25, -0.2) is 0 Å². The van der Waals surface area contributed by atoms with Crippen LogP contribution in [0.25, 0.3) is 12.2 Å². The molecule has 0 aliphatic carbocycles. The number of aryl methyl sites for hydroxylation is 2. The van der Waals surface area contributed by atoms with Crippen LogP contribution in [0.5, 0.6) is 0 Å². The van der Waals surface area contributed by atoms with Gasteiger partial charge in [-0.3, -0.25) is 4.79 Å². The molecule has 2 rings (SSSR count). The zero-order chi connectivity index (χ0) is 16.1. The second kappa shape index (κ2) is 7.04. The Morgan fingerprint density at radius 1 is 0.864 bits per heavy atom. The van der Waals surface area contributed by atoms with Gasteiger partial charge in [0.05, 0.1) is 0 Å². The van der Waals surface area contributed by atoms with E-state index in [1.54, 1.807) is 0 Å². The molecular weight excluding hydrogens is 268 g/mol. The summed E-state index contributed by atoms with van der Waals surface area (Å²) in [5.74, 6) is 0.211. The van der Waals surface area contributed by atoms with E-state index in [0.29, 0.717) is 12.8 Å².